The number of aromatic carboxylic acids is 1. The van der Waals surface area contributed by atoms with E-state index >= 15 is 0 Å². The van der Waals surface area contributed by atoms with Crippen LogP contribution < -0.4 is 10.4 Å². The summed E-state index contributed by atoms with van der Waals surface area (Å²) >= 11 is 0. The van der Waals surface area contributed by atoms with Gasteiger partial charge in [-0.2, -0.15) is 0 Å². The maximum Gasteiger partial charge on any atom is 0.338 e. The average Bonchev–Trinajstić information content (AvgIpc) is 3.17. The molecule has 27 heavy (non-hydrogen) atoms. The minimum atomic E-state index is -1.18. The minimum absolute atomic E-state index is 0.0277. The number of allylic oxidation sites excluding steroid dienone is 2. The number of fused-ring (bicyclic) bond motifs is 3. The molecule has 3 atom stereocenters. The molecular formula is C22H20NO4-. The number of anilines is 1. The highest BCUT2D eigenvalue weighted by Crippen LogP contribution is 2.51. The van der Waals surface area contributed by atoms with Gasteiger partial charge >= 0.3 is 5.97 Å². The molecule has 0 unspecified atom stereocenters. The third-order valence-corrected chi connectivity index (χ3v) is 5.64. The van der Waals surface area contributed by atoms with Gasteiger partial charge in [-0.05, 0) is 47.6 Å². The molecule has 0 saturated carbocycles. The number of nitrogens with one attached hydrogen (secondary N) is 1. The normalized spacial score (nSPS) is 22.5. The van der Waals surface area contributed by atoms with Crippen molar-refractivity contribution in [2.75, 3.05) is 12.4 Å². The van der Waals surface area contributed by atoms with E-state index in [1.807, 2.05) is 31.2 Å². The Morgan fingerprint density at radius 3 is 2.56 bits per heavy atom. The van der Waals surface area contributed by atoms with Crippen LogP contribution in [0.2, 0.25) is 0 Å². The van der Waals surface area contributed by atoms with Crippen molar-refractivity contribution in [1.29, 1.82) is 0 Å². The third-order valence-electron chi connectivity index (χ3n) is 5.64. The van der Waals surface area contributed by atoms with Crippen molar-refractivity contribution in [2.45, 2.75) is 25.3 Å². The van der Waals surface area contributed by atoms with Crippen molar-refractivity contribution in [3.05, 3.63) is 76.4 Å². The molecule has 0 aromatic heterocycles. The molecule has 0 saturated heterocycles. The van der Waals surface area contributed by atoms with E-state index in [1.54, 1.807) is 12.1 Å². The summed E-state index contributed by atoms with van der Waals surface area (Å²) in [5, 5.41) is 14.6. The summed E-state index contributed by atoms with van der Waals surface area (Å²) in [6, 6.07) is 10.6. The van der Waals surface area contributed by atoms with E-state index in [0.29, 0.717) is 5.56 Å². The number of esters is 1. The summed E-state index contributed by atoms with van der Waals surface area (Å²) in [6.07, 6.45) is 5.20. The van der Waals surface area contributed by atoms with Crippen molar-refractivity contribution < 1.29 is 19.4 Å². The SMILES string of the molecule is COC(=O)c1ccc(C)c2c1[C@H]1C=CC[C@@H]1[C@H](c1ccc(C(=O)[O-])cc1)N2. The number of benzene rings is 2. The molecule has 0 amide bonds. The molecule has 4 rings (SSSR count). The molecule has 138 valence electrons. The first-order valence-electron chi connectivity index (χ1n) is 8.97. The van der Waals surface area contributed by atoms with Gasteiger partial charge in [0.25, 0.3) is 0 Å². The first-order chi connectivity index (χ1) is 13.0. The number of hydrogen-bond acceptors (Lipinski definition) is 5. The summed E-state index contributed by atoms with van der Waals surface area (Å²) < 4.78 is 4.99. The number of aryl methyl sites for hydroxylation is 1. The van der Waals surface area contributed by atoms with Crippen LogP contribution in [0.15, 0.2) is 48.6 Å². The van der Waals surface area contributed by atoms with Gasteiger partial charge in [-0.25, -0.2) is 4.79 Å². The van der Waals surface area contributed by atoms with Crippen molar-refractivity contribution in [2.24, 2.45) is 5.92 Å². The average molecular weight is 362 g/mol. The second kappa shape index (κ2) is 6.58. The van der Waals surface area contributed by atoms with Gasteiger partial charge in [0.15, 0.2) is 0 Å². The number of carboxylic acids is 1. The number of hydrogen-bond donors (Lipinski definition) is 1. The standard InChI is InChI=1S/C22H21NO4/c1-12-6-11-17(22(26)27-2)18-15-4-3-5-16(15)20(23-19(12)18)13-7-9-14(10-8-13)21(24)25/h3-4,6-11,15-16,20,23H,5H2,1-2H3,(H,24,25)/p-1/t15-,16-,20-/m0/s1. The lowest BCUT2D eigenvalue weighted by molar-refractivity contribution is -0.255. The van der Waals surface area contributed by atoms with Crippen LogP contribution in [-0.4, -0.2) is 19.0 Å². The molecule has 0 radical (unpaired) electrons. The van der Waals surface area contributed by atoms with Gasteiger partial charge < -0.3 is 20.0 Å². The molecule has 2 aromatic carbocycles. The number of carboxylic acid groups (broad SMARTS) is 1. The summed E-state index contributed by atoms with van der Waals surface area (Å²) in [7, 11) is 1.40. The maximum absolute atomic E-state index is 12.3. The second-order valence-electron chi connectivity index (χ2n) is 7.10. The fourth-order valence-corrected chi connectivity index (χ4v) is 4.30. The molecule has 2 aromatic rings. The Kier molecular flexibility index (Phi) is 4.22. The summed E-state index contributed by atoms with van der Waals surface area (Å²) in [5.74, 6) is -1.15. The van der Waals surface area contributed by atoms with Crippen LogP contribution in [0.25, 0.3) is 0 Å². The molecule has 0 bridgehead atoms. The highest BCUT2D eigenvalue weighted by atomic mass is 16.5. The lowest BCUT2D eigenvalue weighted by Crippen LogP contribution is -2.31. The van der Waals surface area contributed by atoms with Crippen LogP contribution in [0.4, 0.5) is 5.69 Å². The van der Waals surface area contributed by atoms with Gasteiger partial charge in [0.05, 0.1) is 24.7 Å². The van der Waals surface area contributed by atoms with Gasteiger partial charge in [0.1, 0.15) is 0 Å². The van der Waals surface area contributed by atoms with E-state index in [4.69, 9.17) is 4.74 Å². The van der Waals surface area contributed by atoms with Crippen LogP contribution in [0, 0.1) is 12.8 Å². The van der Waals surface area contributed by atoms with Crippen LogP contribution in [0.1, 0.15) is 55.8 Å². The first-order valence-corrected chi connectivity index (χ1v) is 8.97. The third kappa shape index (κ3) is 2.79. The quantitative estimate of drug-likeness (QED) is 0.671. The molecule has 5 nitrogen and oxygen atoms in total. The number of methoxy groups -OCH3 is 1. The highest BCUT2D eigenvalue weighted by Gasteiger charge is 2.40. The summed E-state index contributed by atoms with van der Waals surface area (Å²) in [4.78, 5) is 23.3. The van der Waals surface area contributed by atoms with Crippen LogP contribution in [0.5, 0.6) is 0 Å². The van der Waals surface area contributed by atoms with E-state index in [2.05, 4.69) is 17.5 Å². The molecule has 0 fully saturated rings. The molecule has 0 spiro atoms. The Morgan fingerprint density at radius 1 is 1.15 bits per heavy atom. The Labute approximate surface area is 157 Å². The Hall–Kier alpha value is -3.08. The van der Waals surface area contributed by atoms with Crippen LogP contribution in [0.3, 0.4) is 0 Å². The monoisotopic (exact) mass is 362 g/mol. The van der Waals surface area contributed by atoms with Crippen molar-refractivity contribution in [3.8, 4) is 0 Å². The van der Waals surface area contributed by atoms with Crippen molar-refractivity contribution >= 4 is 17.6 Å². The number of carbonyl (C=O) groups is 2. The van der Waals surface area contributed by atoms with E-state index in [-0.39, 0.29) is 29.4 Å². The molecule has 1 aliphatic carbocycles. The zero-order valence-electron chi connectivity index (χ0n) is 15.2. The van der Waals surface area contributed by atoms with Gasteiger partial charge in [-0.3, -0.25) is 0 Å². The van der Waals surface area contributed by atoms with E-state index in [9.17, 15) is 14.7 Å². The van der Waals surface area contributed by atoms with Gasteiger partial charge in [-0.1, -0.05) is 42.5 Å². The minimum Gasteiger partial charge on any atom is -0.545 e. The lowest BCUT2D eigenvalue weighted by Gasteiger charge is -2.39. The molecule has 1 heterocycles. The maximum atomic E-state index is 12.3. The topological polar surface area (TPSA) is 78.5 Å². The lowest BCUT2D eigenvalue weighted by atomic mass is 9.74. The molecule has 5 heteroatoms. The Balaban J connectivity index is 1.80. The van der Waals surface area contributed by atoms with Crippen LogP contribution in [-0.2, 0) is 4.74 Å². The molecule has 1 aliphatic heterocycles. The van der Waals surface area contributed by atoms with E-state index in [0.717, 1.165) is 28.8 Å². The summed E-state index contributed by atoms with van der Waals surface area (Å²) in [6.45, 7) is 2.02. The number of rotatable bonds is 3. The smallest absolute Gasteiger partial charge is 0.338 e. The Bertz CT molecular complexity index is 946. The molecule has 2 aliphatic rings. The fraction of sp³-hybridized carbons (Fsp3) is 0.273. The molecular weight excluding hydrogens is 342 g/mol. The first kappa shape index (κ1) is 17.3. The van der Waals surface area contributed by atoms with Gasteiger partial charge in [-0.15, -0.1) is 0 Å². The van der Waals surface area contributed by atoms with E-state index < -0.39 is 5.97 Å². The number of ether oxygens (including phenoxy) is 1. The number of carbonyl (C=O) groups excluding carboxylic acids is 2. The Morgan fingerprint density at radius 2 is 1.89 bits per heavy atom. The summed E-state index contributed by atoms with van der Waals surface area (Å²) in [5.41, 5.74) is 4.79. The fourth-order valence-electron chi connectivity index (χ4n) is 4.30. The van der Waals surface area contributed by atoms with Gasteiger partial charge in [0.2, 0.25) is 0 Å². The second-order valence-corrected chi connectivity index (χ2v) is 7.10. The highest BCUT2D eigenvalue weighted by molar-refractivity contribution is 5.94. The predicted molar refractivity (Wildman–Crippen MR) is 99.6 cm³/mol. The zero-order valence-corrected chi connectivity index (χ0v) is 15.2. The van der Waals surface area contributed by atoms with Crippen molar-refractivity contribution in [3.63, 3.8) is 0 Å². The van der Waals surface area contributed by atoms with Gasteiger partial charge in [0, 0.05) is 11.6 Å². The zero-order chi connectivity index (χ0) is 19.1. The predicted octanol–water partition coefficient (Wildman–Crippen LogP) is 2.97. The van der Waals surface area contributed by atoms with Crippen LogP contribution >= 0.6 is 0 Å². The van der Waals surface area contributed by atoms with E-state index in [1.165, 1.54) is 7.11 Å². The van der Waals surface area contributed by atoms with Crippen molar-refractivity contribution in [1.82, 2.24) is 0 Å². The molecule has 1 N–H and O–H groups in total. The largest absolute Gasteiger partial charge is 0.545 e.